The maximum Gasteiger partial charge on any atom is 0.350 e. The molecule has 8 heteroatoms. The van der Waals surface area contributed by atoms with E-state index in [0.29, 0.717) is 21.1 Å². The largest absolute Gasteiger partial charge is 0.465 e. The second kappa shape index (κ2) is 7.19. The lowest BCUT2D eigenvalue weighted by Crippen LogP contribution is -2.00. The van der Waals surface area contributed by atoms with Gasteiger partial charge in [-0.15, -0.1) is 22.7 Å². The van der Waals surface area contributed by atoms with E-state index in [0.717, 1.165) is 20.9 Å². The van der Waals surface area contributed by atoms with Crippen molar-refractivity contribution in [2.24, 2.45) is 0 Å². The van der Waals surface area contributed by atoms with E-state index in [1.54, 1.807) is 12.1 Å². The van der Waals surface area contributed by atoms with Crippen LogP contribution >= 0.6 is 22.7 Å². The smallest absolute Gasteiger partial charge is 0.350 e. The number of ether oxygens (including phenoxy) is 2. The van der Waals surface area contributed by atoms with Crippen molar-refractivity contribution in [2.75, 3.05) is 25.7 Å². The average molecular weight is 388 g/mol. The molecule has 0 spiro atoms. The molecule has 2 aromatic heterocycles. The van der Waals surface area contributed by atoms with Crippen LogP contribution in [-0.2, 0) is 9.47 Å². The second-order valence-electron chi connectivity index (χ2n) is 5.35. The molecule has 0 unspecified atom stereocenters. The van der Waals surface area contributed by atoms with Crippen LogP contribution in [0.15, 0.2) is 36.4 Å². The predicted octanol–water partition coefficient (Wildman–Crippen LogP) is 3.88. The Morgan fingerprint density at radius 3 is 1.42 bits per heavy atom. The van der Waals surface area contributed by atoms with Gasteiger partial charge in [-0.2, -0.15) is 0 Å². The van der Waals surface area contributed by atoms with Crippen molar-refractivity contribution in [3.63, 3.8) is 0 Å². The minimum atomic E-state index is -0.445. The lowest BCUT2D eigenvalue weighted by Gasteiger charge is -2.00. The molecule has 6 nitrogen and oxygen atoms in total. The molecular weight excluding hydrogens is 372 g/mol. The molecule has 0 radical (unpaired) electrons. The van der Waals surface area contributed by atoms with Crippen LogP contribution in [0.5, 0.6) is 0 Å². The van der Waals surface area contributed by atoms with Crippen LogP contribution in [0.3, 0.4) is 0 Å². The summed E-state index contributed by atoms with van der Waals surface area (Å²) in [7, 11) is 2.65. The van der Waals surface area contributed by atoms with E-state index < -0.39 is 11.9 Å². The van der Waals surface area contributed by atoms with Gasteiger partial charge in [-0.25, -0.2) is 9.59 Å². The van der Waals surface area contributed by atoms with Gasteiger partial charge >= 0.3 is 11.9 Å². The Bertz CT molecular complexity index is 894. The summed E-state index contributed by atoms with van der Waals surface area (Å²) < 4.78 is 9.46. The summed E-state index contributed by atoms with van der Waals surface area (Å²) in [5.74, 6) is -0.889. The first-order valence-electron chi connectivity index (χ1n) is 7.50. The van der Waals surface area contributed by atoms with Gasteiger partial charge in [-0.05, 0) is 23.3 Å². The molecule has 0 fully saturated rings. The molecule has 0 atom stereocenters. The molecular formula is C18H16N2O4S2. The van der Waals surface area contributed by atoms with E-state index in [1.807, 2.05) is 24.3 Å². The number of anilines is 2. The van der Waals surface area contributed by atoms with Crippen LogP contribution in [0.2, 0.25) is 0 Å². The number of thiophene rings is 2. The van der Waals surface area contributed by atoms with Gasteiger partial charge in [-0.3, -0.25) is 0 Å². The Morgan fingerprint density at radius 1 is 0.769 bits per heavy atom. The molecule has 4 N–H and O–H groups in total. The number of nitrogens with two attached hydrogens (primary N) is 2. The third kappa shape index (κ3) is 3.29. The van der Waals surface area contributed by atoms with E-state index in [4.69, 9.17) is 20.9 Å². The molecule has 2 heterocycles. The highest BCUT2D eigenvalue weighted by atomic mass is 32.1. The fourth-order valence-corrected chi connectivity index (χ4v) is 4.40. The average Bonchev–Trinajstić information content (AvgIpc) is 3.23. The van der Waals surface area contributed by atoms with Crippen molar-refractivity contribution in [2.45, 2.75) is 0 Å². The molecule has 1 aromatic carbocycles. The first kappa shape index (κ1) is 18.0. The highest BCUT2D eigenvalue weighted by molar-refractivity contribution is 7.18. The van der Waals surface area contributed by atoms with E-state index >= 15 is 0 Å². The lowest BCUT2D eigenvalue weighted by molar-refractivity contribution is 0.0598. The molecule has 0 saturated heterocycles. The molecule has 3 rings (SSSR count). The number of carbonyl (C=O) groups is 2. The maximum absolute atomic E-state index is 11.7. The van der Waals surface area contributed by atoms with Crippen molar-refractivity contribution < 1.29 is 19.1 Å². The quantitative estimate of drug-likeness (QED) is 0.657. The van der Waals surface area contributed by atoms with Crippen molar-refractivity contribution in [1.82, 2.24) is 0 Å². The zero-order chi connectivity index (χ0) is 18.8. The molecule has 0 aliphatic carbocycles. The fraction of sp³-hybridized carbons (Fsp3) is 0.111. The number of esters is 2. The van der Waals surface area contributed by atoms with Crippen LogP contribution in [-0.4, -0.2) is 26.2 Å². The Morgan fingerprint density at radius 2 is 1.12 bits per heavy atom. The zero-order valence-electron chi connectivity index (χ0n) is 14.1. The Labute approximate surface area is 158 Å². The van der Waals surface area contributed by atoms with E-state index in [2.05, 4.69) is 0 Å². The highest BCUT2D eigenvalue weighted by Crippen LogP contribution is 2.37. The van der Waals surface area contributed by atoms with Gasteiger partial charge in [0.2, 0.25) is 0 Å². The van der Waals surface area contributed by atoms with Gasteiger partial charge in [0, 0.05) is 9.75 Å². The topological polar surface area (TPSA) is 105 Å². The molecule has 0 bridgehead atoms. The van der Waals surface area contributed by atoms with Crippen molar-refractivity contribution >= 4 is 46.0 Å². The normalized spacial score (nSPS) is 10.5. The van der Waals surface area contributed by atoms with Gasteiger partial charge in [0.1, 0.15) is 9.75 Å². The molecule has 26 heavy (non-hydrogen) atoms. The Balaban J connectivity index is 1.90. The van der Waals surface area contributed by atoms with Gasteiger partial charge < -0.3 is 20.9 Å². The zero-order valence-corrected chi connectivity index (χ0v) is 15.7. The molecule has 0 amide bonds. The molecule has 0 aliphatic heterocycles. The fourth-order valence-electron chi connectivity index (χ4n) is 2.40. The summed E-state index contributed by atoms with van der Waals surface area (Å²) in [6.07, 6.45) is 0. The molecule has 3 aromatic rings. The second-order valence-corrected chi connectivity index (χ2v) is 7.46. The van der Waals surface area contributed by atoms with Crippen LogP contribution in [0.1, 0.15) is 19.3 Å². The van der Waals surface area contributed by atoms with Crippen molar-refractivity contribution in [3.8, 4) is 20.9 Å². The van der Waals surface area contributed by atoms with Gasteiger partial charge in [-0.1, -0.05) is 24.3 Å². The van der Waals surface area contributed by atoms with Crippen LogP contribution in [0, 0.1) is 0 Å². The van der Waals surface area contributed by atoms with Crippen LogP contribution in [0.25, 0.3) is 20.9 Å². The lowest BCUT2D eigenvalue weighted by atomic mass is 10.1. The number of benzene rings is 1. The molecule has 0 aliphatic rings. The maximum atomic E-state index is 11.7. The minimum Gasteiger partial charge on any atom is -0.465 e. The van der Waals surface area contributed by atoms with E-state index in [-0.39, 0.29) is 0 Å². The standard InChI is InChI=1S/C18H16N2O4S2/c1-23-17(21)15-11(19)7-13(25-15)9-3-5-10(6-4-9)14-8-12(20)16(26-14)18(22)24-2/h3-8H,19-20H2,1-2H3. The van der Waals surface area contributed by atoms with Crippen LogP contribution in [0.4, 0.5) is 11.4 Å². The Hall–Kier alpha value is -2.84. The van der Waals surface area contributed by atoms with Crippen molar-refractivity contribution in [3.05, 3.63) is 46.2 Å². The first-order chi connectivity index (χ1) is 12.4. The van der Waals surface area contributed by atoms with Gasteiger partial charge in [0.15, 0.2) is 0 Å². The monoisotopic (exact) mass is 388 g/mol. The molecule has 0 saturated carbocycles. The van der Waals surface area contributed by atoms with E-state index in [9.17, 15) is 9.59 Å². The number of methoxy groups -OCH3 is 2. The predicted molar refractivity (Wildman–Crippen MR) is 105 cm³/mol. The third-order valence-corrected chi connectivity index (χ3v) is 6.08. The van der Waals surface area contributed by atoms with E-state index in [1.165, 1.54) is 36.9 Å². The SMILES string of the molecule is COC(=O)c1sc(-c2ccc(-c3cc(N)c(C(=O)OC)s3)cc2)cc1N. The summed E-state index contributed by atoms with van der Waals surface area (Å²) >= 11 is 2.56. The summed E-state index contributed by atoms with van der Waals surface area (Å²) in [5.41, 5.74) is 14.4. The number of hydrogen-bond donors (Lipinski definition) is 2. The van der Waals surface area contributed by atoms with Crippen molar-refractivity contribution in [1.29, 1.82) is 0 Å². The third-order valence-electron chi connectivity index (χ3n) is 3.72. The minimum absolute atomic E-state index is 0.389. The number of hydrogen-bond acceptors (Lipinski definition) is 8. The first-order valence-corrected chi connectivity index (χ1v) is 9.14. The Kier molecular flexibility index (Phi) is 4.97. The number of rotatable bonds is 4. The summed E-state index contributed by atoms with van der Waals surface area (Å²) in [6, 6.07) is 11.2. The van der Waals surface area contributed by atoms with Crippen LogP contribution < -0.4 is 11.5 Å². The van der Waals surface area contributed by atoms with Gasteiger partial charge in [0.25, 0.3) is 0 Å². The van der Waals surface area contributed by atoms with Gasteiger partial charge in [0.05, 0.1) is 25.6 Å². The molecule has 134 valence electrons. The summed E-state index contributed by atoms with van der Waals surface area (Å²) in [6.45, 7) is 0. The number of carbonyl (C=O) groups excluding carboxylic acids is 2. The summed E-state index contributed by atoms with van der Waals surface area (Å²) in [5, 5.41) is 0. The number of nitrogen functional groups attached to an aromatic ring is 2. The highest BCUT2D eigenvalue weighted by Gasteiger charge is 2.17. The summed E-state index contributed by atoms with van der Waals surface area (Å²) in [4.78, 5) is 25.9.